The Bertz CT molecular complexity index is 525. The number of phenols is 1. The molecular weight excluding hydrogens is 277 g/mol. The summed E-state index contributed by atoms with van der Waals surface area (Å²) in [4.78, 5) is 7.43. The van der Waals surface area contributed by atoms with Gasteiger partial charge in [0.25, 0.3) is 0 Å². The third-order valence-electron chi connectivity index (χ3n) is 3.05. The Kier molecular flexibility index (Phi) is 3.19. The van der Waals surface area contributed by atoms with E-state index in [9.17, 15) is 9.50 Å². The van der Waals surface area contributed by atoms with E-state index in [1.54, 1.807) is 0 Å². The van der Waals surface area contributed by atoms with Crippen LogP contribution in [0.3, 0.4) is 0 Å². The summed E-state index contributed by atoms with van der Waals surface area (Å²) in [5.41, 5.74) is 0.120. The minimum Gasteiger partial charge on any atom is -0.506 e. The van der Waals surface area contributed by atoms with Crippen LogP contribution < -0.4 is 4.83 Å². The van der Waals surface area contributed by atoms with Gasteiger partial charge in [0.15, 0.2) is 5.82 Å². The highest BCUT2D eigenvalue weighted by atomic mass is 35.5. The van der Waals surface area contributed by atoms with Crippen LogP contribution in [-0.2, 0) is 0 Å². The van der Waals surface area contributed by atoms with Gasteiger partial charge in [-0.15, -0.1) is 0 Å². The lowest BCUT2D eigenvalue weighted by molar-refractivity contribution is 0.291. The van der Waals surface area contributed by atoms with Gasteiger partial charge in [0.05, 0.1) is 11.1 Å². The average molecular weight is 288 g/mol. The monoisotopic (exact) mass is 287 g/mol. The number of nitrogens with one attached hydrogen (secondary N) is 1. The Morgan fingerprint density at radius 1 is 1.56 bits per heavy atom. The quantitative estimate of drug-likeness (QED) is 0.780. The van der Waals surface area contributed by atoms with Crippen molar-refractivity contribution in [2.75, 3.05) is 6.54 Å². The van der Waals surface area contributed by atoms with Crippen LogP contribution in [0.15, 0.2) is 17.1 Å². The molecule has 7 heteroatoms. The third kappa shape index (κ3) is 2.09. The second kappa shape index (κ2) is 4.70. The fraction of sp³-hybridized carbons (Fsp3) is 0.364. The minimum absolute atomic E-state index is 0.00357. The van der Waals surface area contributed by atoms with Gasteiger partial charge in [0, 0.05) is 12.6 Å². The van der Waals surface area contributed by atoms with Crippen LogP contribution in [0.1, 0.15) is 12.8 Å². The second-order valence-electron chi connectivity index (χ2n) is 4.25. The molecule has 2 fully saturated rings. The van der Waals surface area contributed by atoms with Crippen LogP contribution in [0, 0.1) is 5.82 Å². The largest absolute Gasteiger partial charge is 0.506 e. The first-order valence-corrected chi connectivity index (χ1v) is 6.80. The van der Waals surface area contributed by atoms with Crippen LogP contribution in [0.4, 0.5) is 10.1 Å². The summed E-state index contributed by atoms with van der Waals surface area (Å²) in [6, 6.07) is 2.55. The van der Waals surface area contributed by atoms with Crippen molar-refractivity contribution in [3.63, 3.8) is 0 Å². The molecule has 2 heterocycles. The van der Waals surface area contributed by atoms with Gasteiger partial charge in [-0.25, -0.2) is 14.4 Å². The van der Waals surface area contributed by atoms with E-state index in [1.165, 1.54) is 18.0 Å². The molecule has 0 bridgehead atoms. The Labute approximate surface area is 113 Å². The van der Waals surface area contributed by atoms with E-state index in [1.807, 2.05) is 0 Å². The van der Waals surface area contributed by atoms with Gasteiger partial charge >= 0.3 is 0 Å². The molecule has 2 N–H and O–H groups in total. The summed E-state index contributed by atoms with van der Waals surface area (Å²) in [5.74, 6) is -0.681. The van der Waals surface area contributed by atoms with Gasteiger partial charge in [-0.3, -0.25) is 0 Å². The van der Waals surface area contributed by atoms with Crippen molar-refractivity contribution in [1.29, 1.82) is 0 Å². The molecule has 1 aromatic carbocycles. The van der Waals surface area contributed by atoms with Gasteiger partial charge < -0.3 is 5.11 Å². The van der Waals surface area contributed by atoms with Gasteiger partial charge in [0.2, 0.25) is 0 Å². The summed E-state index contributed by atoms with van der Waals surface area (Å²) >= 11 is 7.02. The van der Waals surface area contributed by atoms with Crippen molar-refractivity contribution in [3.8, 4) is 5.75 Å². The van der Waals surface area contributed by atoms with Crippen molar-refractivity contribution in [3.05, 3.63) is 23.0 Å². The van der Waals surface area contributed by atoms with Crippen LogP contribution in [-0.4, -0.2) is 27.7 Å². The summed E-state index contributed by atoms with van der Waals surface area (Å²) in [7, 11) is 0. The number of halogens is 2. The lowest BCUT2D eigenvalue weighted by Crippen LogP contribution is -2.31. The summed E-state index contributed by atoms with van der Waals surface area (Å²) < 4.78 is 13.7. The maximum atomic E-state index is 13.7. The lowest BCUT2D eigenvalue weighted by Gasteiger charge is -2.11. The average Bonchev–Trinajstić information content (AvgIpc) is 2.90. The van der Waals surface area contributed by atoms with Crippen molar-refractivity contribution >= 4 is 34.3 Å². The number of phenolic OH excluding ortho intramolecular Hbond substituents is 1. The van der Waals surface area contributed by atoms with Crippen LogP contribution >= 0.6 is 23.5 Å². The smallest absolute Gasteiger partial charge is 0.150 e. The van der Waals surface area contributed by atoms with Crippen LogP contribution in [0.2, 0.25) is 5.02 Å². The zero-order valence-corrected chi connectivity index (χ0v) is 10.9. The molecule has 1 aromatic rings. The molecule has 0 amide bonds. The fourth-order valence-corrected chi connectivity index (χ4v) is 3.24. The molecule has 4 nitrogen and oxygen atoms in total. The highest BCUT2D eigenvalue weighted by Gasteiger charge is 2.35. The molecule has 2 saturated heterocycles. The molecule has 3 rings (SSSR count). The highest BCUT2D eigenvalue weighted by molar-refractivity contribution is 8.12. The molecule has 2 aliphatic heterocycles. The van der Waals surface area contributed by atoms with Gasteiger partial charge in [-0.05, 0) is 30.9 Å². The Hall–Kier alpha value is -0.820. The van der Waals surface area contributed by atoms with Crippen molar-refractivity contribution < 1.29 is 9.50 Å². The predicted molar refractivity (Wildman–Crippen MR) is 70.6 cm³/mol. The molecule has 0 aliphatic carbocycles. The number of hydrogen-bond acceptors (Lipinski definition) is 5. The number of hydrazine groups is 1. The number of fused-ring (bicyclic) bond motifs is 1. The van der Waals surface area contributed by atoms with E-state index >= 15 is 0 Å². The topological polar surface area (TPSA) is 47.9 Å². The van der Waals surface area contributed by atoms with Crippen molar-refractivity contribution in [2.24, 2.45) is 4.99 Å². The van der Waals surface area contributed by atoms with Gasteiger partial charge in [-0.2, -0.15) is 4.83 Å². The first-order valence-electron chi connectivity index (χ1n) is 5.61. The third-order valence-corrected chi connectivity index (χ3v) is 4.25. The fourth-order valence-electron chi connectivity index (χ4n) is 2.13. The molecule has 0 radical (unpaired) electrons. The molecular formula is C11H11ClFN3OS. The van der Waals surface area contributed by atoms with Gasteiger partial charge in [0.1, 0.15) is 16.5 Å². The molecule has 2 aliphatic rings. The maximum absolute atomic E-state index is 13.7. The highest BCUT2D eigenvalue weighted by Crippen LogP contribution is 2.34. The lowest BCUT2D eigenvalue weighted by atomic mass is 10.2. The van der Waals surface area contributed by atoms with Crippen molar-refractivity contribution in [1.82, 2.24) is 9.84 Å². The Balaban J connectivity index is 1.94. The molecule has 1 atom stereocenters. The normalized spacial score (nSPS) is 25.9. The summed E-state index contributed by atoms with van der Waals surface area (Å²) in [6.07, 6.45) is 2.12. The van der Waals surface area contributed by atoms with Crippen LogP contribution in [0.25, 0.3) is 0 Å². The zero-order chi connectivity index (χ0) is 12.7. The number of nitrogens with zero attached hydrogens (tertiary/aromatic N) is 2. The summed E-state index contributed by atoms with van der Waals surface area (Å²) in [6.45, 7) is 0.977. The number of benzene rings is 1. The first kappa shape index (κ1) is 12.2. The maximum Gasteiger partial charge on any atom is 0.150 e. The standard InChI is InChI=1S/C11H11ClFN3OS/c12-6-4-7(13)8(5-10(6)17)14-11-9-2-1-3-16(9)15-18-11/h4-5,9,15,17H,1-3H2/t9-/m0/s1. The van der Waals surface area contributed by atoms with E-state index in [0.717, 1.165) is 30.5 Å². The Morgan fingerprint density at radius 2 is 2.39 bits per heavy atom. The number of hydrogen-bond donors (Lipinski definition) is 2. The zero-order valence-electron chi connectivity index (χ0n) is 9.36. The molecule has 0 saturated carbocycles. The van der Waals surface area contributed by atoms with E-state index in [0.29, 0.717) is 0 Å². The molecule has 0 aromatic heterocycles. The van der Waals surface area contributed by atoms with E-state index in [4.69, 9.17) is 11.6 Å². The first-order chi connectivity index (χ1) is 8.65. The number of aromatic hydroxyl groups is 1. The molecule has 0 unspecified atom stereocenters. The summed E-state index contributed by atoms with van der Waals surface area (Å²) in [5, 5.41) is 12.4. The Morgan fingerprint density at radius 3 is 3.22 bits per heavy atom. The van der Waals surface area contributed by atoms with Crippen molar-refractivity contribution in [2.45, 2.75) is 18.9 Å². The van der Waals surface area contributed by atoms with E-state index < -0.39 is 5.82 Å². The van der Waals surface area contributed by atoms with Crippen LogP contribution in [0.5, 0.6) is 5.75 Å². The van der Waals surface area contributed by atoms with Gasteiger partial charge in [-0.1, -0.05) is 11.6 Å². The molecule has 0 spiro atoms. The number of aliphatic imine (C=N–C) groups is 1. The SMILES string of the molecule is Oc1cc(N=C2SNN3CCC[C@@H]23)c(F)cc1Cl. The predicted octanol–water partition coefficient (Wildman–Crippen LogP) is 2.85. The molecule has 96 valence electrons. The second-order valence-corrected chi connectivity index (χ2v) is 5.46. The van der Waals surface area contributed by atoms with E-state index in [-0.39, 0.29) is 22.5 Å². The number of rotatable bonds is 1. The van der Waals surface area contributed by atoms with E-state index in [2.05, 4.69) is 14.8 Å². The minimum atomic E-state index is -0.526. The molecule has 18 heavy (non-hydrogen) atoms.